The van der Waals surface area contributed by atoms with Gasteiger partial charge in [-0.15, -0.1) is 0 Å². The lowest BCUT2D eigenvalue weighted by molar-refractivity contribution is -0.135. The Balaban J connectivity index is 1.63. The molecule has 6 nitrogen and oxygen atoms in total. The maximum absolute atomic E-state index is 12.7. The predicted molar refractivity (Wildman–Crippen MR) is 97.5 cm³/mol. The van der Waals surface area contributed by atoms with Crippen molar-refractivity contribution in [3.63, 3.8) is 0 Å². The Morgan fingerprint density at radius 3 is 2.72 bits per heavy atom. The molecule has 1 aromatic carbocycles. The van der Waals surface area contributed by atoms with E-state index in [4.69, 9.17) is 0 Å². The van der Waals surface area contributed by atoms with E-state index in [0.717, 1.165) is 10.0 Å². The lowest BCUT2D eigenvalue weighted by Gasteiger charge is -2.24. The molecule has 3 rings (SSSR count). The molecule has 25 heavy (non-hydrogen) atoms. The maximum atomic E-state index is 12.7. The van der Waals surface area contributed by atoms with Gasteiger partial charge >= 0.3 is 0 Å². The average molecular weight is 429 g/mol. The quantitative estimate of drug-likeness (QED) is 0.726. The largest absolute Gasteiger partial charge is 0.341 e. The molecule has 0 saturated carbocycles. The minimum Gasteiger partial charge on any atom is -0.341 e. The molecule has 1 aromatic rings. The van der Waals surface area contributed by atoms with Gasteiger partial charge in [0, 0.05) is 37.1 Å². The summed E-state index contributed by atoms with van der Waals surface area (Å²) in [4.78, 5) is 28.2. The van der Waals surface area contributed by atoms with E-state index < -0.39 is 15.8 Å². The van der Waals surface area contributed by atoms with Crippen molar-refractivity contribution < 1.29 is 18.0 Å². The number of sulfone groups is 1. The Morgan fingerprint density at radius 1 is 1.36 bits per heavy atom. The maximum Gasteiger partial charge on any atom is 0.228 e. The second-order valence-electron chi connectivity index (χ2n) is 6.79. The highest BCUT2D eigenvalue weighted by molar-refractivity contribution is 9.10. The molecule has 0 N–H and O–H groups in total. The molecule has 2 fully saturated rings. The molecule has 0 unspecified atom stereocenters. The van der Waals surface area contributed by atoms with E-state index >= 15 is 0 Å². The second kappa shape index (κ2) is 7.07. The van der Waals surface area contributed by atoms with Crippen LogP contribution in [0.4, 0.5) is 0 Å². The SMILES string of the molecule is CN(Cc1ccccc1Br)C(=O)[C@@H]1CC(=O)N([C@@H]2CCS(=O)(=O)C2)C1. The fraction of sp³-hybridized carbons (Fsp3) is 0.529. The molecular weight excluding hydrogens is 408 g/mol. The molecule has 0 aliphatic carbocycles. The number of carbonyl (C=O) groups excluding carboxylic acids is 2. The van der Waals surface area contributed by atoms with Crippen LogP contribution in [0.3, 0.4) is 0 Å². The van der Waals surface area contributed by atoms with Gasteiger partial charge in [0.2, 0.25) is 11.8 Å². The molecule has 2 amide bonds. The fourth-order valence-corrected chi connectivity index (χ4v) is 5.68. The van der Waals surface area contributed by atoms with Gasteiger partial charge in [0.25, 0.3) is 0 Å². The molecule has 0 spiro atoms. The number of benzene rings is 1. The van der Waals surface area contributed by atoms with Gasteiger partial charge in [-0.3, -0.25) is 9.59 Å². The van der Waals surface area contributed by atoms with Crippen LogP contribution in [0.25, 0.3) is 0 Å². The number of halogens is 1. The zero-order chi connectivity index (χ0) is 18.2. The third-order valence-corrected chi connectivity index (χ3v) is 7.42. The summed E-state index contributed by atoms with van der Waals surface area (Å²) in [6, 6.07) is 7.43. The monoisotopic (exact) mass is 428 g/mol. The average Bonchev–Trinajstić information content (AvgIpc) is 3.11. The zero-order valence-corrected chi connectivity index (χ0v) is 16.4. The van der Waals surface area contributed by atoms with Crippen molar-refractivity contribution >= 4 is 37.6 Å². The van der Waals surface area contributed by atoms with Crippen LogP contribution in [0, 0.1) is 5.92 Å². The molecule has 2 atom stereocenters. The molecular formula is C17H21BrN2O4S. The summed E-state index contributed by atoms with van der Waals surface area (Å²) in [5, 5.41) is 0. The topological polar surface area (TPSA) is 74.8 Å². The number of hydrogen-bond acceptors (Lipinski definition) is 4. The summed E-state index contributed by atoms with van der Waals surface area (Å²) < 4.78 is 24.2. The number of likely N-dealkylation sites (tertiary alicyclic amines) is 1. The minimum atomic E-state index is -3.05. The number of carbonyl (C=O) groups is 2. The van der Waals surface area contributed by atoms with Crippen LogP contribution >= 0.6 is 15.9 Å². The number of hydrogen-bond donors (Lipinski definition) is 0. The first kappa shape index (κ1) is 18.4. The summed E-state index contributed by atoms with van der Waals surface area (Å²) in [6.07, 6.45) is 0.636. The summed E-state index contributed by atoms with van der Waals surface area (Å²) in [5.74, 6) is -0.445. The van der Waals surface area contributed by atoms with Gasteiger partial charge in [-0.05, 0) is 18.1 Å². The normalized spacial score (nSPS) is 25.4. The highest BCUT2D eigenvalue weighted by Gasteiger charge is 2.42. The van der Waals surface area contributed by atoms with Gasteiger partial charge in [-0.25, -0.2) is 8.42 Å². The highest BCUT2D eigenvalue weighted by Crippen LogP contribution is 2.27. The molecule has 2 aliphatic rings. The molecule has 136 valence electrons. The zero-order valence-electron chi connectivity index (χ0n) is 14.0. The van der Waals surface area contributed by atoms with E-state index in [1.54, 1.807) is 16.8 Å². The first-order valence-electron chi connectivity index (χ1n) is 8.25. The van der Waals surface area contributed by atoms with Crippen LogP contribution in [0.15, 0.2) is 28.7 Å². The van der Waals surface area contributed by atoms with Crippen molar-refractivity contribution in [1.82, 2.24) is 9.80 Å². The Labute approximate surface area is 156 Å². The van der Waals surface area contributed by atoms with Crippen LogP contribution in [-0.2, 0) is 26.0 Å². The van der Waals surface area contributed by atoms with E-state index in [9.17, 15) is 18.0 Å². The molecule has 0 radical (unpaired) electrons. The first-order chi connectivity index (χ1) is 11.8. The molecule has 0 bridgehead atoms. The van der Waals surface area contributed by atoms with E-state index in [0.29, 0.717) is 19.5 Å². The standard InChI is InChI=1S/C17H21BrN2O4S/c1-19(9-12-4-2-3-5-15(12)18)17(22)13-8-16(21)20(10-13)14-6-7-25(23,24)11-14/h2-5,13-14H,6-11H2,1H3/t13-,14-/m1/s1. The van der Waals surface area contributed by atoms with E-state index in [2.05, 4.69) is 15.9 Å². The highest BCUT2D eigenvalue weighted by atomic mass is 79.9. The van der Waals surface area contributed by atoms with E-state index in [1.807, 2.05) is 24.3 Å². The van der Waals surface area contributed by atoms with Crippen molar-refractivity contribution in [2.24, 2.45) is 5.92 Å². The summed E-state index contributed by atoms with van der Waals surface area (Å²) in [7, 11) is -1.32. The lowest BCUT2D eigenvalue weighted by Crippen LogP contribution is -2.39. The van der Waals surface area contributed by atoms with Gasteiger partial charge in [0.1, 0.15) is 0 Å². The molecule has 8 heteroatoms. The van der Waals surface area contributed by atoms with Crippen LogP contribution in [-0.4, -0.2) is 61.2 Å². The molecule has 2 heterocycles. The number of rotatable bonds is 4. The van der Waals surface area contributed by atoms with Gasteiger partial charge in [-0.1, -0.05) is 34.1 Å². The number of amides is 2. The molecule has 2 saturated heterocycles. The summed E-state index contributed by atoms with van der Waals surface area (Å²) in [6.45, 7) is 0.779. The minimum absolute atomic E-state index is 0.0203. The van der Waals surface area contributed by atoms with Gasteiger partial charge < -0.3 is 9.80 Å². The second-order valence-corrected chi connectivity index (χ2v) is 9.87. The van der Waals surface area contributed by atoms with Gasteiger partial charge in [-0.2, -0.15) is 0 Å². The van der Waals surface area contributed by atoms with Gasteiger partial charge in [0.05, 0.1) is 17.4 Å². The third-order valence-electron chi connectivity index (χ3n) is 4.90. The molecule has 0 aromatic heterocycles. The van der Waals surface area contributed by atoms with Crippen molar-refractivity contribution in [3.8, 4) is 0 Å². The Kier molecular flexibility index (Phi) is 5.20. The van der Waals surface area contributed by atoms with Gasteiger partial charge in [0.15, 0.2) is 9.84 Å². The van der Waals surface area contributed by atoms with E-state index in [-0.39, 0.29) is 35.8 Å². The summed E-state index contributed by atoms with van der Waals surface area (Å²) >= 11 is 3.47. The lowest BCUT2D eigenvalue weighted by atomic mass is 10.1. The van der Waals surface area contributed by atoms with Crippen LogP contribution in [0.1, 0.15) is 18.4 Å². The van der Waals surface area contributed by atoms with Crippen molar-refractivity contribution in [3.05, 3.63) is 34.3 Å². The van der Waals surface area contributed by atoms with Crippen LogP contribution < -0.4 is 0 Å². The van der Waals surface area contributed by atoms with E-state index in [1.165, 1.54) is 0 Å². The predicted octanol–water partition coefficient (Wildman–Crippen LogP) is 1.44. The Hall–Kier alpha value is -1.41. The summed E-state index contributed by atoms with van der Waals surface area (Å²) in [5.41, 5.74) is 1.00. The third kappa shape index (κ3) is 4.06. The smallest absolute Gasteiger partial charge is 0.228 e. The molecule has 2 aliphatic heterocycles. The Morgan fingerprint density at radius 2 is 2.08 bits per heavy atom. The first-order valence-corrected chi connectivity index (χ1v) is 10.9. The van der Waals surface area contributed by atoms with Crippen LogP contribution in [0.5, 0.6) is 0 Å². The van der Waals surface area contributed by atoms with Crippen molar-refractivity contribution in [1.29, 1.82) is 0 Å². The fourth-order valence-electron chi connectivity index (χ4n) is 3.54. The van der Waals surface area contributed by atoms with Crippen molar-refractivity contribution in [2.75, 3.05) is 25.1 Å². The number of nitrogens with zero attached hydrogens (tertiary/aromatic N) is 2. The van der Waals surface area contributed by atoms with Crippen molar-refractivity contribution in [2.45, 2.75) is 25.4 Å². The Bertz CT molecular complexity index is 796. The van der Waals surface area contributed by atoms with Crippen LogP contribution in [0.2, 0.25) is 0 Å².